The van der Waals surface area contributed by atoms with Gasteiger partial charge < -0.3 is 22.9 Å². The molecular formula is C65H134N4. The molecule has 1 fully saturated rings. The highest BCUT2D eigenvalue weighted by Gasteiger charge is 2.13. The molecule has 1 saturated carbocycles. The summed E-state index contributed by atoms with van der Waals surface area (Å²) in [5, 5.41) is 2.44. The molecule has 0 heterocycles. The predicted molar refractivity (Wildman–Crippen MR) is 337 cm³/mol. The highest BCUT2D eigenvalue weighted by Crippen LogP contribution is 2.23. The lowest BCUT2D eigenvalue weighted by atomic mass is 9.89. The van der Waals surface area contributed by atoms with Crippen LogP contribution in [0.15, 0.2) is 84.9 Å². The minimum atomic E-state index is 0.393. The molecule has 0 saturated heterocycles. The molecule has 0 bridgehead atoms. The Labute approximate surface area is 439 Å². The van der Waals surface area contributed by atoms with Gasteiger partial charge in [0.1, 0.15) is 0 Å². The fraction of sp³-hybridized carbons (Fsp3) is 0.662. The maximum Gasteiger partial charge on any atom is 0.0320 e. The average Bonchev–Trinajstić information content (AvgIpc) is 3.73. The molecule has 1 unspecified atom stereocenters. The molecule has 7 rings (SSSR count). The molecular weight excluding hydrogens is 837 g/mol. The molecule has 4 aromatic rings. The Balaban J connectivity index is -0.0000000619. The number of anilines is 2. The second kappa shape index (κ2) is 91.0. The Bertz CT molecular complexity index is 1340. The van der Waals surface area contributed by atoms with Crippen LogP contribution in [0.4, 0.5) is 11.4 Å². The van der Waals surface area contributed by atoms with Gasteiger partial charge in [0.25, 0.3) is 0 Å². The van der Waals surface area contributed by atoms with Gasteiger partial charge in [0.2, 0.25) is 0 Å². The van der Waals surface area contributed by atoms with Gasteiger partial charge in [-0.15, -0.1) is 0 Å². The average molecular weight is 972 g/mol. The number of hydrogen-bond donors (Lipinski definition) is 4. The van der Waals surface area contributed by atoms with Crippen molar-refractivity contribution in [3.63, 3.8) is 0 Å². The van der Waals surface area contributed by atoms with E-state index in [0.29, 0.717) is 12.1 Å². The number of nitrogen functional groups attached to an aromatic ring is 2. The van der Waals surface area contributed by atoms with Crippen LogP contribution in [0.3, 0.4) is 0 Å². The molecule has 0 aromatic heterocycles. The van der Waals surface area contributed by atoms with E-state index in [4.69, 9.17) is 22.9 Å². The molecule has 1 atom stereocenters. The van der Waals surface area contributed by atoms with E-state index in [-0.39, 0.29) is 0 Å². The number of rotatable bonds is 0. The number of fused-ring (bicyclic) bond motifs is 3. The number of benzene rings is 4. The van der Waals surface area contributed by atoms with Crippen LogP contribution in [0.5, 0.6) is 0 Å². The Hall–Kier alpha value is -3.34. The van der Waals surface area contributed by atoms with E-state index in [1.54, 1.807) is 0 Å². The Kier molecular flexibility index (Phi) is 121. The quantitative estimate of drug-likeness (QED) is 0.104. The summed E-state index contributed by atoms with van der Waals surface area (Å²) in [7, 11) is 0. The summed E-state index contributed by atoms with van der Waals surface area (Å²) >= 11 is 0. The molecule has 0 spiro atoms. The van der Waals surface area contributed by atoms with Crippen molar-refractivity contribution in [2.24, 2.45) is 11.5 Å². The molecule has 0 amide bonds. The summed E-state index contributed by atoms with van der Waals surface area (Å²) < 4.78 is 0. The van der Waals surface area contributed by atoms with Crippen molar-refractivity contribution in [1.29, 1.82) is 0 Å². The first kappa shape index (κ1) is 91.9. The largest absolute Gasteiger partial charge is 0.399 e. The Morgan fingerprint density at radius 2 is 0.638 bits per heavy atom. The lowest BCUT2D eigenvalue weighted by Crippen LogP contribution is -2.27. The highest BCUT2D eigenvalue weighted by atomic mass is 14.6. The monoisotopic (exact) mass is 971 g/mol. The Morgan fingerprint density at radius 1 is 0.290 bits per heavy atom. The first-order valence-electron chi connectivity index (χ1n) is 29.7. The zero-order chi connectivity index (χ0) is 56.9. The van der Waals surface area contributed by atoms with Crippen LogP contribution in [0.25, 0.3) is 10.8 Å². The second-order valence-corrected chi connectivity index (χ2v) is 11.9. The molecule has 414 valence electrons. The molecule has 3 aliphatic rings. The van der Waals surface area contributed by atoms with Gasteiger partial charge in [-0.3, -0.25) is 0 Å². The first-order valence-corrected chi connectivity index (χ1v) is 29.7. The molecule has 3 aliphatic carbocycles. The van der Waals surface area contributed by atoms with E-state index in [1.165, 1.54) is 97.2 Å². The third kappa shape index (κ3) is 58.9. The molecule has 4 heteroatoms. The normalized spacial score (nSPS) is 11.9. The summed E-state index contributed by atoms with van der Waals surface area (Å²) in [6.07, 6.45) is 16.6. The summed E-state index contributed by atoms with van der Waals surface area (Å²) in [6.45, 7) is 56.0. The standard InChI is InChI=1S/2C10H13N.C10H9N.C7H15N.14C2H6/c3*11-10-6-5-8-3-1-2-4-9(8)7-10;8-7-5-3-1-2-4-6-7;14*1-2/h5-7H,1-4,11H2;1-4,10H,5-7,11H2;1-7H,11H2;7H,1-6,8H2;14*1-2H3. The summed E-state index contributed by atoms with van der Waals surface area (Å²) in [5.41, 5.74) is 30.5. The van der Waals surface area contributed by atoms with Gasteiger partial charge in [0.05, 0.1) is 0 Å². The summed E-state index contributed by atoms with van der Waals surface area (Å²) in [4.78, 5) is 0. The SMILES string of the molecule is CC.CC.CC.CC.CC.CC.CC.CC.CC.CC.CC.CC.CC.CC.NC1CCCCCC1.NC1CCc2ccccc2C1.Nc1ccc2c(c1)CCCC2.Nc1ccc2ccccc2c1. The molecule has 4 aromatic carbocycles. The minimum Gasteiger partial charge on any atom is -0.399 e. The van der Waals surface area contributed by atoms with E-state index >= 15 is 0 Å². The molecule has 0 radical (unpaired) electrons. The van der Waals surface area contributed by atoms with Crippen LogP contribution in [0, 0.1) is 0 Å². The smallest absolute Gasteiger partial charge is 0.0320 e. The molecule has 0 aliphatic heterocycles. The molecule has 8 N–H and O–H groups in total. The van der Waals surface area contributed by atoms with Crippen LogP contribution in [-0.2, 0) is 25.7 Å². The predicted octanol–water partition coefficient (Wildman–Crippen LogP) is 22.1. The van der Waals surface area contributed by atoms with Crippen LogP contribution < -0.4 is 22.9 Å². The number of hydrogen-bond acceptors (Lipinski definition) is 4. The third-order valence-electron chi connectivity index (χ3n) is 8.43. The van der Waals surface area contributed by atoms with Gasteiger partial charge in [-0.2, -0.15) is 0 Å². The molecule has 69 heavy (non-hydrogen) atoms. The molecule has 4 nitrogen and oxygen atoms in total. The fourth-order valence-corrected chi connectivity index (χ4v) is 6.00. The lowest BCUT2D eigenvalue weighted by molar-refractivity contribution is 0.576. The van der Waals surface area contributed by atoms with Crippen LogP contribution in [0.1, 0.15) is 274 Å². The van der Waals surface area contributed by atoms with Crippen molar-refractivity contribution < 1.29 is 0 Å². The Morgan fingerprint density at radius 3 is 1.09 bits per heavy atom. The van der Waals surface area contributed by atoms with E-state index in [9.17, 15) is 0 Å². The van der Waals surface area contributed by atoms with E-state index < -0.39 is 0 Å². The third-order valence-corrected chi connectivity index (χ3v) is 8.43. The van der Waals surface area contributed by atoms with Crippen molar-refractivity contribution in [2.75, 3.05) is 11.5 Å². The minimum absolute atomic E-state index is 0.393. The summed E-state index contributed by atoms with van der Waals surface area (Å²) in [6, 6.07) is 29.9. The zero-order valence-electron chi connectivity index (χ0n) is 52.7. The van der Waals surface area contributed by atoms with E-state index in [1.807, 2.05) is 230 Å². The second-order valence-electron chi connectivity index (χ2n) is 11.9. The zero-order valence-corrected chi connectivity index (χ0v) is 52.7. The van der Waals surface area contributed by atoms with Gasteiger partial charge >= 0.3 is 0 Å². The van der Waals surface area contributed by atoms with Gasteiger partial charge in [-0.1, -0.05) is 280 Å². The van der Waals surface area contributed by atoms with Gasteiger partial charge in [-0.25, -0.2) is 0 Å². The van der Waals surface area contributed by atoms with Gasteiger partial charge in [-0.05, 0) is 115 Å². The number of nitrogens with two attached hydrogens (primary N) is 4. The maximum atomic E-state index is 5.85. The summed E-state index contributed by atoms with van der Waals surface area (Å²) in [5.74, 6) is 0. The van der Waals surface area contributed by atoms with Crippen molar-refractivity contribution in [2.45, 2.75) is 289 Å². The fourth-order valence-electron chi connectivity index (χ4n) is 6.00. The van der Waals surface area contributed by atoms with Crippen molar-refractivity contribution in [1.82, 2.24) is 0 Å². The maximum absolute atomic E-state index is 5.85. The lowest BCUT2D eigenvalue weighted by Gasteiger charge is -2.20. The first-order chi connectivity index (χ1) is 34.0. The van der Waals surface area contributed by atoms with E-state index in [2.05, 4.69) is 48.5 Å². The van der Waals surface area contributed by atoms with Crippen LogP contribution in [0.2, 0.25) is 0 Å². The van der Waals surface area contributed by atoms with Crippen LogP contribution >= 0.6 is 0 Å². The highest BCUT2D eigenvalue weighted by molar-refractivity contribution is 5.85. The van der Waals surface area contributed by atoms with E-state index in [0.717, 1.165) is 30.6 Å². The van der Waals surface area contributed by atoms with Gasteiger partial charge in [0.15, 0.2) is 0 Å². The number of aryl methyl sites for hydroxylation is 3. The van der Waals surface area contributed by atoms with Crippen molar-refractivity contribution >= 4 is 22.1 Å². The van der Waals surface area contributed by atoms with Crippen molar-refractivity contribution in [3.05, 3.63) is 107 Å². The topological polar surface area (TPSA) is 104 Å². The van der Waals surface area contributed by atoms with Gasteiger partial charge in [0, 0.05) is 23.5 Å². The van der Waals surface area contributed by atoms with Crippen LogP contribution in [-0.4, -0.2) is 12.1 Å². The van der Waals surface area contributed by atoms with Crippen molar-refractivity contribution in [3.8, 4) is 0 Å².